The molecule has 34 heavy (non-hydrogen) atoms. The Hall–Kier alpha value is -2.63. The van der Waals surface area contributed by atoms with E-state index in [-0.39, 0.29) is 41.4 Å². The lowest BCUT2D eigenvalue weighted by molar-refractivity contribution is -0.142. The van der Waals surface area contributed by atoms with Gasteiger partial charge in [-0.25, -0.2) is 0 Å². The summed E-state index contributed by atoms with van der Waals surface area (Å²) >= 11 is 0. The monoisotopic (exact) mass is 462 g/mol. The number of carbonyl (C=O) groups excluding carboxylic acids is 2. The summed E-state index contributed by atoms with van der Waals surface area (Å²) in [5.41, 5.74) is 2.80. The van der Waals surface area contributed by atoms with E-state index in [4.69, 9.17) is 0 Å². The molecule has 1 aromatic heterocycles. The van der Waals surface area contributed by atoms with Crippen LogP contribution in [0.2, 0.25) is 0 Å². The molecule has 0 radical (unpaired) electrons. The molecule has 1 aromatic carbocycles. The Balaban J connectivity index is 1.56. The van der Waals surface area contributed by atoms with Gasteiger partial charge in [0.05, 0.1) is 17.8 Å². The first-order chi connectivity index (χ1) is 16.2. The van der Waals surface area contributed by atoms with Gasteiger partial charge in [-0.1, -0.05) is 51.1 Å². The normalized spacial score (nSPS) is 30.2. The molecule has 1 saturated carbocycles. The first-order valence-corrected chi connectivity index (χ1v) is 12.9. The number of carbonyl (C=O) groups is 2. The van der Waals surface area contributed by atoms with Gasteiger partial charge in [-0.05, 0) is 56.1 Å². The molecule has 3 aliphatic rings. The molecule has 2 saturated heterocycles. The summed E-state index contributed by atoms with van der Waals surface area (Å²) in [4.78, 5) is 31.6. The third-order valence-electron chi connectivity index (χ3n) is 8.61. The Morgan fingerprint density at radius 1 is 1.12 bits per heavy atom. The Morgan fingerprint density at radius 3 is 2.44 bits per heavy atom. The number of fused-ring (bicyclic) bond motifs is 1. The molecule has 2 aliphatic heterocycles. The molecule has 2 bridgehead atoms. The Labute approximate surface area is 203 Å². The van der Waals surface area contributed by atoms with Crippen LogP contribution in [0.5, 0.6) is 0 Å². The van der Waals surface area contributed by atoms with Crippen molar-refractivity contribution in [3.8, 4) is 0 Å². The van der Waals surface area contributed by atoms with Gasteiger partial charge >= 0.3 is 0 Å². The second-order valence-corrected chi connectivity index (χ2v) is 11.4. The highest BCUT2D eigenvalue weighted by molar-refractivity contribution is 5.94. The van der Waals surface area contributed by atoms with Crippen molar-refractivity contribution < 1.29 is 9.59 Å². The molecule has 5 atom stereocenters. The number of piperidine rings is 1. The zero-order valence-electron chi connectivity index (χ0n) is 21.2. The zero-order chi connectivity index (χ0) is 24.2. The maximum atomic E-state index is 14.2. The van der Waals surface area contributed by atoms with E-state index >= 15 is 0 Å². The van der Waals surface area contributed by atoms with E-state index in [2.05, 4.69) is 59.9 Å². The van der Waals surface area contributed by atoms with Crippen LogP contribution in [-0.2, 0) is 24.7 Å². The largest absolute Gasteiger partial charge is 0.334 e. The molecule has 0 N–H and O–H groups in total. The molecule has 182 valence electrons. The van der Waals surface area contributed by atoms with E-state index in [0.717, 1.165) is 44.2 Å². The molecule has 3 fully saturated rings. The minimum atomic E-state index is -0.0587. The number of rotatable bonds is 5. The number of hydrogen-bond donors (Lipinski definition) is 0. The van der Waals surface area contributed by atoms with Crippen molar-refractivity contribution in [2.75, 3.05) is 0 Å². The molecular weight excluding hydrogens is 424 g/mol. The number of amides is 2. The van der Waals surface area contributed by atoms with Crippen molar-refractivity contribution in [1.29, 1.82) is 0 Å². The number of likely N-dealkylation sites (tertiary alicyclic amines) is 2. The molecular formula is C28H38N4O2. The quantitative estimate of drug-likeness (QED) is 0.668. The fourth-order valence-electron chi connectivity index (χ4n) is 7.30. The van der Waals surface area contributed by atoms with Crippen LogP contribution in [0.15, 0.2) is 36.4 Å². The van der Waals surface area contributed by atoms with E-state index in [1.807, 2.05) is 19.2 Å². The molecule has 2 aromatic rings. The highest BCUT2D eigenvalue weighted by Crippen LogP contribution is 2.56. The molecule has 6 heteroatoms. The van der Waals surface area contributed by atoms with Gasteiger partial charge in [0.15, 0.2) is 0 Å². The highest BCUT2D eigenvalue weighted by atomic mass is 16.2. The summed E-state index contributed by atoms with van der Waals surface area (Å²) in [6.07, 6.45) is 5.69. The summed E-state index contributed by atoms with van der Waals surface area (Å²) < 4.78 is 1.76. The van der Waals surface area contributed by atoms with Gasteiger partial charge in [0.25, 0.3) is 5.91 Å². The Kier molecular flexibility index (Phi) is 5.81. The average Bonchev–Trinajstić information content (AvgIpc) is 3.29. The van der Waals surface area contributed by atoms with Crippen molar-refractivity contribution in [3.63, 3.8) is 0 Å². The van der Waals surface area contributed by atoms with E-state index in [1.54, 1.807) is 11.6 Å². The van der Waals surface area contributed by atoms with Crippen molar-refractivity contribution in [2.24, 2.45) is 18.4 Å². The lowest BCUT2D eigenvalue weighted by Crippen LogP contribution is -2.62. The first kappa shape index (κ1) is 23.1. The summed E-state index contributed by atoms with van der Waals surface area (Å²) in [7, 11) is 1.88. The molecule has 3 heterocycles. The van der Waals surface area contributed by atoms with E-state index in [9.17, 15) is 9.59 Å². The smallest absolute Gasteiger partial charge is 0.272 e. The van der Waals surface area contributed by atoms with Crippen LogP contribution in [0.4, 0.5) is 0 Å². The summed E-state index contributed by atoms with van der Waals surface area (Å²) in [6.45, 7) is 8.38. The third kappa shape index (κ3) is 3.66. The molecule has 6 nitrogen and oxygen atoms in total. The Morgan fingerprint density at radius 2 is 1.79 bits per heavy atom. The average molecular weight is 463 g/mol. The fraction of sp³-hybridized carbons (Fsp3) is 0.607. The SMILES string of the molecule is CC(=O)N1[C@H](Cc2ccccc2)[C@@H]2C[C@@]3(C)[C@H](CCC[C@@H]13)N2C(=O)c1cc(CC(C)C)nn1C. The number of aromatic nitrogens is 2. The minimum Gasteiger partial charge on any atom is -0.334 e. The van der Waals surface area contributed by atoms with Gasteiger partial charge in [0, 0.05) is 31.5 Å². The van der Waals surface area contributed by atoms with E-state index < -0.39 is 0 Å². The topological polar surface area (TPSA) is 58.4 Å². The van der Waals surface area contributed by atoms with Gasteiger partial charge in [-0.2, -0.15) is 5.10 Å². The van der Waals surface area contributed by atoms with Gasteiger partial charge < -0.3 is 9.80 Å². The van der Waals surface area contributed by atoms with Crippen molar-refractivity contribution in [3.05, 3.63) is 53.3 Å². The van der Waals surface area contributed by atoms with Crippen LogP contribution < -0.4 is 0 Å². The molecule has 5 rings (SSSR count). The van der Waals surface area contributed by atoms with Crippen molar-refractivity contribution in [2.45, 2.75) is 90.4 Å². The predicted octanol–water partition coefficient (Wildman–Crippen LogP) is 4.23. The van der Waals surface area contributed by atoms with Crippen molar-refractivity contribution in [1.82, 2.24) is 19.6 Å². The summed E-state index contributed by atoms with van der Waals surface area (Å²) in [5, 5.41) is 4.66. The van der Waals surface area contributed by atoms with Crippen LogP contribution >= 0.6 is 0 Å². The first-order valence-electron chi connectivity index (χ1n) is 12.9. The van der Waals surface area contributed by atoms with Gasteiger partial charge in [0.1, 0.15) is 5.69 Å². The van der Waals surface area contributed by atoms with E-state index in [0.29, 0.717) is 11.6 Å². The Bertz CT molecular complexity index is 1080. The lowest BCUT2D eigenvalue weighted by Gasteiger charge is -2.52. The second-order valence-electron chi connectivity index (χ2n) is 11.4. The van der Waals surface area contributed by atoms with Crippen LogP contribution in [-0.4, -0.2) is 55.6 Å². The zero-order valence-corrected chi connectivity index (χ0v) is 21.2. The number of aryl methyl sites for hydroxylation is 1. The van der Waals surface area contributed by atoms with Crippen LogP contribution in [0.3, 0.4) is 0 Å². The predicted molar refractivity (Wildman–Crippen MR) is 132 cm³/mol. The molecule has 0 spiro atoms. The van der Waals surface area contributed by atoms with Crippen LogP contribution in [0.25, 0.3) is 0 Å². The summed E-state index contributed by atoms with van der Waals surface area (Å²) in [6, 6.07) is 12.8. The fourth-order valence-corrected chi connectivity index (χ4v) is 7.30. The van der Waals surface area contributed by atoms with E-state index in [1.165, 1.54) is 5.56 Å². The third-order valence-corrected chi connectivity index (χ3v) is 8.61. The lowest BCUT2D eigenvalue weighted by atomic mass is 9.64. The standard InChI is InChI=1S/C28H38N4O2/c1-18(2)14-21-16-23(30(5)29-21)27(34)32-24-17-28(4)25(12-9-13-26(28)32)31(19(3)33)22(24)15-20-10-7-6-8-11-20/h6-8,10-11,16,18,22,24-26H,9,12-15,17H2,1-5H3/t22-,24+,25-,26+,28-/m1/s1. The van der Waals surface area contributed by atoms with Crippen LogP contribution in [0, 0.1) is 11.3 Å². The molecule has 0 unspecified atom stereocenters. The maximum Gasteiger partial charge on any atom is 0.272 e. The highest BCUT2D eigenvalue weighted by Gasteiger charge is 2.64. The van der Waals surface area contributed by atoms with Crippen LogP contribution in [0.1, 0.15) is 75.1 Å². The summed E-state index contributed by atoms with van der Waals surface area (Å²) in [5.74, 6) is 0.700. The van der Waals surface area contributed by atoms with Gasteiger partial charge in [-0.15, -0.1) is 0 Å². The number of benzene rings is 1. The minimum absolute atomic E-state index is 0.00612. The maximum absolute atomic E-state index is 14.2. The second kappa shape index (κ2) is 8.54. The number of nitrogens with zero attached hydrogens (tertiary/aromatic N) is 4. The van der Waals surface area contributed by atoms with Crippen molar-refractivity contribution >= 4 is 11.8 Å². The van der Waals surface area contributed by atoms with Gasteiger partial charge in [-0.3, -0.25) is 14.3 Å². The number of hydrogen-bond acceptors (Lipinski definition) is 3. The van der Waals surface area contributed by atoms with Gasteiger partial charge in [0.2, 0.25) is 5.91 Å². The molecule has 1 aliphatic carbocycles. The molecule has 2 amide bonds.